The van der Waals surface area contributed by atoms with Crippen LogP contribution in [0.15, 0.2) is 30.3 Å². The lowest BCUT2D eigenvalue weighted by Crippen LogP contribution is -2.52. The second kappa shape index (κ2) is 7.04. The quantitative estimate of drug-likeness (QED) is 0.881. The Bertz CT molecular complexity index is 368. The summed E-state index contributed by atoms with van der Waals surface area (Å²) in [6, 6.07) is 11.9. The molecule has 3 unspecified atom stereocenters. The molecule has 0 bridgehead atoms. The lowest BCUT2D eigenvalue weighted by molar-refractivity contribution is 0.0836. The maximum atomic E-state index is 5.27. The van der Waals surface area contributed by atoms with Crippen molar-refractivity contribution in [3.63, 3.8) is 0 Å². The van der Waals surface area contributed by atoms with Gasteiger partial charge >= 0.3 is 0 Å². The summed E-state index contributed by atoms with van der Waals surface area (Å²) in [7, 11) is 1.78. The van der Waals surface area contributed by atoms with Crippen LogP contribution in [0.3, 0.4) is 0 Å². The third-order valence-electron chi connectivity index (χ3n) is 3.79. The number of hydrogen-bond acceptors (Lipinski definition) is 3. The first-order chi connectivity index (χ1) is 9.20. The van der Waals surface area contributed by atoms with Gasteiger partial charge in [-0.3, -0.25) is 4.90 Å². The van der Waals surface area contributed by atoms with E-state index in [1.54, 1.807) is 7.11 Å². The summed E-state index contributed by atoms with van der Waals surface area (Å²) in [5, 5.41) is 3.59. The lowest BCUT2D eigenvalue weighted by Gasteiger charge is -2.40. The maximum absolute atomic E-state index is 5.27. The molecule has 3 atom stereocenters. The molecule has 1 saturated heterocycles. The van der Waals surface area contributed by atoms with Gasteiger partial charge in [-0.05, 0) is 18.4 Å². The van der Waals surface area contributed by atoms with Crippen molar-refractivity contribution in [3.05, 3.63) is 35.9 Å². The number of methoxy groups -OCH3 is 1. The summed E-state index contributed by atoms with van der Waals surface area (Å²) in [5.74, 6) is 0.571. The molecule has 3 heteroatoms. The van der Waals surface area contributed by atoms with Crippen molar-refractivity contribution in [2.24, 2.45) is 5.92 Å². The Kier molecular flexibility index (Phi) is 5.37. The van der Waals surface area contributed by atoms with Gasteiger partial charge in [0.1, 0.15) is 0 Å². The number of hydrogen-bond donors (Lipinski definition) is 1. The Morgan fingerprint density at radius 2 is 2.11 bits per heavy atom. The summed E-state index contributed by atoms with van der Waals surface area (Å²) in [5.41, 5.74) is 1.41. The molecule has 19 heavy (non-hydrogen) atoms. The molecule has 0 aliphatic carbocycles. The van der Waals surface area contributed by atoms with Crippen molar-refractivity contribution in [1.29, 1.82) is 0 Å². The Labute approximate surface area is 116 Å². The average Bonchev–Trinajstić information content (AvgIpc) is 2.40. The normalized spacial score (nSPS) is 26.3. The van der Waals surface area contributed by atoms with Gasteiger partial charge in [-0.1, -0.05) is 37.3 Å². The lowest BCUT2D eigenvalue weighted by atomic mass is 10.00. The number of piperazine rings is 1. The van der Waals surface area contributed by atoms with E-state index in [4.69, 9.17) is 4.74 Å². The largest absolute Gasteiger partial charge is 0.384 e. The maximum Gasteiger partial charge on any atom is 0.0500 e. The van der Waals surface area contributed by atoms with Crippen LogP contribution in [0.1, 0.15) is 25.5 Å². The van der Waals surface area contributed by atoms with Gasteiger partial charge in [0.2, 0.25) is 0 Å². The Hall–Kier alpha value is -0.900. The van der Waals surface area contributed by atoms with Crippen molar-refractivity contribution >= 4 is 0 Å². The number of rotatable bonds is 5. The Balaban J connectivity index is 2.06. The van der Waals surface area contributed by atoms with E-state index in [9.17, 15) is 0 Å². The molecule has 0 amide bonds. The molecule has 2 rings (SSSR count). The Morgan fingerprint density at radius 1 is 1.37 bits per heavy atom. The first kappa shape index (κ1) is 14.5. The predicted molar refractivity (Wildman–Crippen MR) is 79.3 cm³/mol. The molecule has 0 aromatic heterocycles. The first-order valence-electron chi connectivity index (χ1n) is 7.22. The van der Waals surface area contributed by atoms with Crippen molar-refractivity contribution < 1.29 is 4.74 Å². The van der Waals surface area contributed by atoms with E-state index < -0.39 is 0 Å². The number of ether oxygens (including phenoxy) is 1. The smallest absolute Gasteiger partial charge is 0.0500 e. The molecule has 1 aliphatic heterocycles. The summed E-state index contributed by atoms with van der Waals surface area (Å²) < 4.78 is 5.27. The number of benzene rings is 1. The summed E-state index contributed by atoms with van der Waals surface area (Å²) in [4.78, 5) is 2.60. The highest BCUT2D eigenvalue weighted by molar-refractivity contribution is 5.20. The molecule has 0 spiro atoms. The molecule has 1 aliphatic rings. The molecular weight excluding hydrogens is 236 g/mol. The van der Waals surface area contributed by atoms with Gasteiger partial charge in [0.15, 0.2) is 0 Å². The molecule has 3 nitrogen and oxygen atoms in total. The van der Waals surface area contributed by atoms with E-state index in [-0.39, 0.29) is 0 Å². The van der Waals surface area contributed by atoms with E-state index in [0.717, 1.165) is 26.2 Å². The van der Waals surface area contributed by atoms with Crippen LogP contribution >= 0.6 is 0 Å². The van der Waals surface area contributed by atoms with Crippen molar-refractivity contribution in [3.8, 4) is 0 Å². The van der Waals surface area contributed by atoms with Crippen LogP contribution in [-0.4, -0.2) is 44.3 Å². The van der Waals surface area contributed by atoms with Gasteiger partial charge < -0.3 is 10.1 Å². The van der Waals surface area contributed by atoms with Gasteiger partial charge in [-0.15, -0.1) is 0 Å². The fourth-order valence-electron chi connectivity index (χ4n) is 2.93. The van der Waals surface area contributed by atoms with Crippen molar-refractivity contribution in [1.82, 2.24) is 10.2 Å². The average molecular weight is 262 g/mol. The van der Waals surface area contributed by atoms with Crippen molar-refractivity contribution in [2.45, 2.75) is 25.9 Å². The molecule has 0 saturated carbocycles. The minimum absolute atomic E-state index is 0.483. The summed E-state index contributed by atoms with van der Waals surface area (Å²) in [6.45, 7) is 8.59. The standard InChI is InChI=1S/C16H26N2O/c1-13(12-19-3)10-18-11-14(2)17-9-16(18)15-7-5-4-6-8-15/h4-8,13-14,16-17H,9-12H2,1-3H3. The molecular formula is C16H26N2O. The summed E-state index contributed by atoms with van der Waals surface area (Å²) in [6.07, 6.45) is 0. The number of nitrogens with zero attached hydrogens (tertiary/aromatic N) is 1. The predicted octanol–water partition coefficient (Wildman–Crippen LogP) is 2.30. The molecule has 1 aromatic rings. The van der Waals surface area contributed by atoms with E-state index in [0.29, 0.717) is 18.0 Å². The van der Waals surface area contributed by atoms with E-state index in [1.165, 1.54) is 5.56 Å². The summed E-state index contributed by atoms with van der Waals surface area (Å²) >= 11 is 0. The van der Waals surface area contributed by atoms with Crippen LogP contribution in [0, 0.1) is 5.92 Å². The SMILES string of the molecule is COCC(C)CN1CC(C)NCC1c1ccccc1. The van der Waals surface area contributed by atoms with E-state index >= 15 is 0 Å². The fourth-order valence-corrected chi connectivity index (χ4v) is 2.93. The zero-order valence-electron chi connectivity index (χ0n) is 12.3. The van der Waals surface area contributed by atoms with Crippen LogP contribution in [0.5, 0.6) is 0 Å². The minimum Gasteiger partial charge on any atom is -0.384 e. The third-order valence-corrected chi connectivity index (χ3v) is 3.79. The van der Waals surface area contributed by atoms with Crippen LogP contribution in [0.25, 0.3) is 0 Å². The topological polar surface area (TPSA) is 24.5 Å². The zero-order valence-corrected chi connectivity index (χ0v) is 12.3. The van der Waals surface area contributed by atoms with Crippen LogP contribution in [-0.2, 0) is 4.74 Å². The Morgan fingerprint density at radius 3 is 2.79 bits per heavy atom. The van der Waals surface area contributed by atoms with Gasteiger partial charge in [0.05, 0.1) is 0 Å². The van der Waals surface area contributed by atoms with Crippen molar-refractivity contribution in [2.75, 3.05) is 33.4 Å². The highest BCUT2D eigenvalue weighted by Gasteiger charge is 2.27. The molecule has 106 valence electrons. The zero-order chi connectivity index (χ0) is 13.7. The van der Waals surface area contributed by atoms with Crippen LogP contribution in [0.2, 0.25) is 0 Å². The first-order valence-corrected chi connectivity index (χ1v) is 7.22. The molecule has 1 heterocycles. The highest BCUT2D eigenvalue weighted by Crippen LogP contribution is 2.24. The second-order valence-corrected chi connectivity index (χ2v) is 5.75. The van der Waals surface area contributed by atoms with E-state index in [1.807, 2.05) is 0 Å². The van der Waals surface area contributed by atoms with Crippen LogP contribution in [0.4, 0.5) is 0 Å². The second-order valence-electron chi connectivity index (χ2n) is 5.75. The van der Waals surface area contributed by atoms with E-state index in [2.05, 4.69) is 54.4 Å². The van der Waals surface area contributed by atoms with Gasteiger partial charge in [-0.2, -0.15) is 0 Å². The van der Waals surface area contributed by atoms with Gasteiger partial charge in [-0.25, -0.2) is 0 Å². The van der Waals surface area contributed by atoms with Crippen LogP contribution < -0.4 is 5.32 Å². The van der Waals surface area contributed by atoms with Gasteiger partial charge in [0.25, 0.3) is 0 Å². The minimum atomic E-state index is 0.483. The molecule has 1 aromatic carbocycles. The molecule has 0 radical (unpaired) electrons. The fraction of sp³-hybridized carbons (Fsp3) is 0.625. The monoisotopic (exact) mass is 262 g/mol. The molecule has 1 fully saturated rings. The van der Waals surface area contributed by atoms with Gasteiger partial charge in [0, 0.05) is 45.4 Å². The highest BCUT2D eigenvalue weighted by atomic mass is 16.5. The third kappa shape index (κ3) is 4.03. The number of nitrogens with one attached hydrogen (secondary N) is 1. The molecule has 1 N–H and O–H groups in total.